The molecular weight excluding hydrogens is 336 g/mol. The number of ether oxygens (including phenoxy) is 1. The largest absolute Gasteiger partial charge is 0.374 e. The Hall–Kier alpha value is -1.83. The van der Waals surface area contributed by atoms with Crippen molar-refractivity contribution in [3.05, 3.63) is 35.9 Å². The summed E-state index contributed by atoms with van der Waals surface area (Å²) in [5, 5.41) is 0. The zero-order chi connectivity index (χ0) is 18.9. The summed E-state index contributed by atoms with van der Waals surface area (Å²) in [5.41, 5.74) is 1.72. The van der Waals surface area contributed by atoms with E-state index in [-0.39, 0.29) is 17.9 Å². The number of terminal acetylenes is 1. The molecule has 1 aliphatic heterocycles. The summed E-state index contributed by atoms with van der Waals surface area (Å²) in [6.07, 6.45) is 9.89. The van der Waals surface area contributed by atoms with Crippen molar-refractivity contribution in [2.24, 2.45) is 17.3 Å². The Morgan fingerprint density at radius 3 is 2.74 bits per heavy atom. The summed E-state index contributed by atoms with van der Waals surface area (Å²) >= 11 is 0. The number of rotatable bonds is 5. The van der Waals surface area contributed by atoms with Crippen LogP contribution in [-0.2, 0) is 16.1 Å². The average Bonchev–Trinajstić information content (AvgIpc) is 2.60. The Balaban J connectivity index is 1.23. The third kappa shape index (κ3) is 4.05. The third-order valence-electron chi connectivity index (χ3n) is 6.63. The summed E-state index contributed by atoms with van der Waals surface area (Å²) in [6, 6.07) is 10.5. The first-order valence-corrected chi connectivity index (χ1v) is 10.2. The second-order valence-electron chi connectivity index (χ2n) is 8.81. The summed E-state index contributed by atoms with van der Waals surface area (Å²) in [6.45, 7) is 4.19. The minimum absolute atomic E-state index is 0.0972. The van der Waals surface area contributed by atoms with Crippen LogP contribution in [0.3, 0.4) is 0 Å². The summed E-state index contributed by atoms with van der Waals surface area (Å²) in [7, 11) is 1.93. The van der Waals surface area contributed by atoms with Crippen LogP contribution in [0.4, 0.5) is 0 Å². The normalized spacial score (nSPS) is 33.0. The first-order chi connectivity index (χ1) is 13.1. The molecule has 3 fully saturated rings. The van der Waals surface area contributed by atoms with Gasteiger partial charge in [0.2, 0.25) is 5.91 Å². The van der Waals surface area contributed by atoms with Gasteiger partial charge in [0.1, 0.15) is 0 Å². The number of hydrogen-bond donors (Lipinski definition) is 0. The number of nitrogens with zero attached hydrogens (tertiary/aromatic N) is 2. The van der Waals surface area contributed by atoms with E-state index in [4.69, 9.17) is 11.2 Å². The van der Waals surface area contributed by atoms with Crippen molar-refractivity contribution in [3.8, 4) is 12.3 Å². The molecule has 3 aliphatic rings. The lowest BCUT2D eigenvalue weighted by Crippen LogP contribution is -2.54. The van der Waals surface area contributed by atoms with E-state index in [1.54, 1.807) is 0 Å². The molecule has 1 aromatic carbocycles. The Kier molecular flexibility index (Phi) is 5.25. The second kappa shape index (κ2) is 7.66. The monoisotopic (exact) mass is 366 g/mol. The number of carbonyl (C=O) groups excluding carboxylic acids is 1. The molecule has 1 heterocycles. The van der Waals surface area contributed by atoms with E-state index >= 15 is 0 Å². The lowest BCUT2D eigenvalue weighted by Gasteiger charge is -2.56. The minimum atomic E-state index is 0.0972. The SMILES string of the molecule is C#CC1CC2(C1)CC(C(=O)N(C)CC1CN(Cc3ccccc3)CCO1)C2. The molecule has 1 atom stereocenters. The molecule has 27 heavy (non-hydrogen) atoms. The molecule has 0 radical (unpaired) electrons. The van der Waals surface area contributed by atoms with E-state index in [1.807, 2.05) is 18.0 Å². The van der Waals surface area contributed by atoms with Gasteiger partial charge >= 0.3 is 0 Å². The Labute approximate surface area is 162 Å². The van der Waals surface area contributed by atoms with Crippen LogP contribution in [0.25, 0.3) is 0 Å². The highest BCUT2D eigenvalue weighted by Crippen LogP contribution is 2.61. The summed E-state index contributed by atoms with van der Waals surface area (Å²) in [4.78, 5) is 17.1. The molecule has 1 aromatic rings. The van der Waals surface area contributed by atoms with Crippen LogP contribution >= 0.6 is 0 Å². The fourth-order valence-electron chi connectivity index (χ4n) is 5.18. The smallest absolute Gasteiger partial charge is 0.225 e. The number of benzene rings is 1. The van der Waals surface area contributed by atoms with Crippen LogP contribution < -0.4 is 0 Å². The van der Waals surface area contributed by atoms with Crippen molar-refractivity contribution in [1.29, 1.82) is 0 Å². The molecule has 4 nitrogen and oxygen atoms in total. The van der Waals surface area contributed by atoms with E-state index in [0.717, 1.165) is 51.9 Å². The van der Waals surface area contributed by atoms with Crippen LogP contribution in [0, 0.1) is 29.6 Å². The Bertz CT molecular complexity index is 697. The lowest BCUT2D eigenvalue weighted by atomic mass is 9.48. The molecule has 1 amide bonds. The molecule has 144 valence electrons. The van der Waals surface area contributed by atoms with Crippen molar-refractivity contribution >= 4 is 5.91 Å². The van der Waals surface area contributed by atoms with E-state index in [0.29, 0.717) is 17.9 Å². The molecule has 1 unspecified atom stereocenters. The lowest BCUT2D eigenvalue weighted by molar-refractivity contribution is -0.151. The van der Waals surface area contributed by atoms with E-state index in [1.165, 1.54) is 5.56 Å². The Morgan fingerprint density at radius 1 is 1.30 bits per heavy atom. The summed E-state index contributed by atoms with van der Waals surface area (Å²) < 4.78 is 5.94. The quantitative estimate of drug-likeness (QED) is 0.751. The maximum atomic E-state index is 12.8. The molecule has 0 bridgehead atoms. The maximum absolute atomic E-state index is 12.8. The van der Waals surface area contributed by atoms with Crippen LogP contribution in [0.15, 0.2) is 30.3 Å². The van der Waals surface area contributed by atoms with E-state index < -0.39 is 0 Å². The molecule has 0 aromatic heterocycles. The van der Waals surface area contributed by atoms with Gasteiger partial charge in [-0.2, -0.15) is 0 Å². The number of morpholine rings is 1. The molecule has 4 rings (SSSR count). The van der Waals surface area contributed by atoms with Crippen LogP contribution in [0.1, 0.15) is 31.2 Å². The van der Waals surface area contributed by atoms with Crippen LogP contribution in [0.2, 0.25) is 0 Å². The molecule has 1 spiro atoms. The van der Waals surface area contributed by atoms with Crippen molar-refractivity contribution in [3.63, 3.8) is 0 Å². The zero-order valence-corrected chi connectivity index (χ0v) is 16.3. The van der Waals surface area contributed by atoms with Crippen molar-refractivity contribution in [2.75, 3.05) is 33.3 Å². The topological polar surface area (TPSA) is 32.8 Å². The van der Waals surface area contributed by atoms with Crippen molar-refractivity contribution in [2.45, 2.75) is 38.3 Å². The first-order valence-electron chi connectivity index (χ1n) is 10.2. The van der Waals surface area contributed by atoms with Gasteiger partial charge in [0.05, 0.1) is 12.7 Å². The highest BCUT2D eigenvalue weighted by Gasteiger charge is 2.54. The number of hydrogen-bond acceptors (Lipinski definition) is 3. The van der Waals surface area contributed by atoms with E-state index in [9.17, 15) is 4.79 Å². The van der Waals surface area contributed by atoms with Gasteiger partial charge in [0.15, 0.2) is 0 Å². The van der Waals surface area contributed by atoms with Gasteiger partial charge in [-0.3, -0.25) is 9.69 Å². The number of likely N-dealkylation sites (N-methyl/N-ethyl adjacent to an activating group) is 1. The fourth-order valence-corrected chi connectivity index (χ4v) is 5.18. The van der Waals surface area contributed by atoms with E-state index in [2.05, 4.69) is 35.1 Å². The molecule has 1 saturated heterocycles. The molecule has 2 aliphatic carbocycles. The van der Waals surface area contributed by atoms with Gasteiger partial charge < -0.3 is 9.64 Å². The van der Waals surface area contributed by atoms with Crippen molar-refractivity contribution < 1.29 is 9.53 Å². The van der Waals surface area contributed by atoms with Gasteiger partial charge in [-0.15, -0.1) is 12.3 Å². The molecule has 0 N–H and O–H groups in total. The zero-order valence-electron chi connectivity index (χ0n) is 16.3. The summed E-state index contributed by atoms with van der Waals surface area (Å²) in [5.74, 6) is 3.78. The highest BCUT2D eigenvalue weighted by atomic mass is 16.5. The van der Waals surface area contributed by atoms with Gasteiger partial charge in [0.25, 0.3) is 0 Å². The molecule has 2 saturated carbocycles. The van der Waals surface area contributed by atoms with Crippen molar-refractivity contribution in [1.82, 2.24) is 9.80 Å². The third-order valence-corrected chi connectivity index (χ3v) is 6.63. The second-order valence-corrected chi connectivity index (χ2v) is 8.81. The van der Waals surface area contributed by atoms with Gasteiger partial charge in [-0.1, -0.05) is 30.3 Å². The Morgan fingerprint density at radius 2 is 2.04 bits per heavy atom. The van der Waals surface area contributed by atoms with Crippen LogP contribution in [0.5, 0.6) is 0 Å². The standard InChI is InChI=1S/C23H30N2O2/c1-3-18-11-23(12-18)13-20(14-23)22(26)24(2)16-21-17-25(9-10-27-21)15-19-7-5-4-6-8-19/h1,4-8,18,20-21H,9-17H2,2H3. The number of carbonyl (C=O) groups is 1. The van der Waals surface area contributed by atoms with Gasteiger partial charge in [-0.05, 0) is 36.7 Å². The van der Waals surface area contributed by atoms with Crippen LogP contribution in [-0.4, -0.2) is 55.1 Å². The minimum Gasteiger partial charge on any atom is -0.374 e. The average molecular weight is 367 g/mol. The first kappa shape index (κ1) is 18.5. The fraction of sp³-hybridized carbons (Fsp3) is 0.609. The predicted octanol–water partition coefficient (Wildman–Crippen LogP) is 2.79. The molecule has 4 heteroatoms. The number of amides is 1. The highest BCUT2D eigenvalue weighted by molar-refractivity contribution is 5.79. The van der Waals surface area contributed by atoms with Gasteiger partial charge in [0, 0.05) is 45.1 Å². The molecular formula is C23H30N2O2. The van der Waals surface area contributed by atoms with Gasteiger partial charge in [-0.25, -0.2) is 0 Å². The predicted molar refractivity (Wildman–Crippen MR) is 106 cm³/mol. The maximum Gasteiger partial charge on any atom is 0.225 e.